The molecule has 0 amide bonds. The SMILES string of the molecule is Cc1ccc(-c2cc(/C=C/C(=O)c3ccc([N+](=O)[O-])c(Cl)c3)[nH]n2)cc1C. The number of ketones is 1. The van der Waals surface area contributed by atoms with E-state index in [1.54, 1.807) is 6.08 Å². The Morgan fingerprint density at radius 3 is 2.59 bits per heavy atom. The average molecular weight is 382 g/mol. The molecule has 0 atom stereocenters. The fraction of sp³-hybridized carbons (Fsp3) is 0.100. The first-order chi connectivity index (χ1) is 12.8. The number of carbonyl (C=O) groups excluding carboxylic acids is 1. The third kappa shape index (κ3) is 4.12. The molecule has 0 saturated heterocycles. The maximum atomic E-state index is 12.3. The van der Waals surface area contributed by atoms with E-state index in [0.717, 1.165) is 11.3 Å². The van der Waals surface area contributed by atoms with Crippen LogP contribution in [0.25, 0.3) is 17.3 Å². The summed E-state index contributed by atoms with van der Waals surface area (Å²) < 4.78 is 0. The Labute approximate surface area is 160 Å². The number of halogens is 1. The van der Waals surface area contributed by atoms with Crippen molar-refractivity contribution in [2.75, 3.05) is 0 Å². The highest BCUT2D eigenvalue weighted by atomic mass is 35.5. The van der Waals surface area contributed by atoms with Crippen molar-refractivity contribution in [3.05, 3.63) is 86.1 Å². The molecule has 0 saturated carbocycles. The van der Waals surface area contributed by atoms with Gasteiger partial charge in [-0.3, -0.25) is 20.0 Å². The summed E-state index contributed by atoms with van der Waals surface area (Å²) in [5.74, 6) is -0.311. The molecule has 0 spiro atoms. The molecule has 1 heterocycles. The second kappa shape index (κ2) is 7.55. The van der Waals surface area contributed by atoms with Crippen LogP contribution in [0.15, 0.2) is 48.5 Å². The lowest BCUT2D eigenvalue weighted by Gasteiger charge is -2.01. The predicted molar refractivity (Wildman–Crippen MR) is 105 cm³/mol. The Kier molecular flexibility index (Phi) is 5.19. The van der Waals surface area contributed by atoms with Crippen molar-refractivity contribution in [1.82, 2.24) is 10.2 Å². The molecule has 27 heavy (non-hydrogen) atoms. The van der Waals surface area contributed by atoms with Gasteiger partial charge in [0.25, 0.3) is 5.69 Å². The topological polar surface area (TPSA) is 88.9 Å². The van der Waals surface area contributed by atoms with E-state index in [1.165, 1.54) is 35.4 Å². The van der Waals surface area contributed by atoms with Crippen LogP contribution < -0.4 is 0 Å². The van der Waals surface area contributed by atoms with Crippen LogP contribution in [-0.2, 0) is 0 Å². The molecule has 0 aliphatic carbocycles. The van der Waals surface area contributed by atoms with Crippen LogP contribution in [0.4, 0.5) is 5.69 Å². The quantitative estimate of drug-likeness (QED) is 0.286. The Hall–Kier alpha value is -3.25. The second-order valence-corrected chi connectivity index (χ2v) is 6.54. The molecule has 2 aromatic carbocycles. The predicted octanol–water partition coefficient (Wildman–Crippen LogP) is 5.15. The van der Waals surface area contributed by atoms with Crippen molar-refractivity contribution in [1.29, 1.82) is 0 Å². The van der Waals surface area contributed by atoms with Crippen LogP contribution in [-0.4, -0.2) is 20.9 Å². The molecule has 3 aromatic rings. The first-order valence-electron chi connectivity index (χ1n) is 8.14. The molecular formula is C20H16ClN3O3. The number of rotatable bonds is 5. The number of nitro benzene ring substituents is 1. The Bertz CT molecular complexity index is 1070. The van der Waals surface area contributed by atoms with Gasteiger partial charge in [-0.1, -0.05) is 23.7 Å². The lowest BCUT2D eigenvalue weighted by atomic mass is 10.0. The number of hydrogen-bond acceptors (Lipinski definition) is 4. The molecule has 0 radical (unpaired) electrons. The largest absolute Gasteiger partial charge is 0.289 e. The Balaban J connectivity index is 1.77. The number of nitrogens with zero attached hydrogens (tertiary/aromatic N) is 2. The maximum Gasteiger partial charge on any atom is 0.287 e. The normalized spacial score (nSPS) is 11.1. The fourth-order valence-corrected chi connectivity index (χ4v) is 2.79. The summed E-state index contributed by atoms with van der Waals surface area (Å²) in [6.45, 7) is 4.09. The molecule has 0 unspecified atom stereocenters. The smallest absolute Gasteiger partial charge is 0.287 e. The van der Waals surface area contributed by atoms with Crippen LogP contribution in [0.5, 0.6) is 0 Å². The molecule has 6 nitrogen and oxygen atoms in total. The molecule has 1 N–H and O–H groups in total. The number of aromatic amines is 1. The zero-order valence-electron chi connectivity index (χ0n) is 14.7. The molecule has 7 heteroatoms. The van der Waals surface area contributed by atoms with E-state index in [1.807, 2.05) is 32.0 Å². The number of H-pyrrole nitrogens is 1. The molecule has 0 bridgehead atoms. The van der Waals surface area contributed by atoms with Crippen LogP contribution >= 0.6 is 11.6 Å². The number of allylic oxidation sites excluding steroid dienone is 1. The Morgan fingerprint density at radius 2 is 1.93 bits per heavy atom. The van der Waals surface area contributed by atoms with Crippen LogP contribution in [0.3, 0.4) is 0 Å². The van der Waals surface area contributed by atoms with Gasteiger partial charge in [0, 0.05) is 17.2 Å². The van der Waals surface area contributed by atoms with Gasteiger partial charge in [-0.25, -0.2) is 0 Å². The molecular weight excluding hydrogens is 366 g/mol. The standard InChI is InChI=1S/C20H16ClN3O3/c1-12-3-4-14(9-13(12)2)18-11-16(22-23-18)6-8-20(25)15-5-7-19(24(26)27)17(21)10-15/h3-11H,1-2H3,(H,22,23)/b8-6+. The summed E-state index contributed by atoms with van der Waals surface area (Å²) in [6.07, 6.45) is 2.98. The van der Waals surface area contributed by atoms with Crippen LogP contribution in [0.1, 0.15) is 27.2 Å². The first kappa shape index (κ1) is 18.5. The lowest BCUT2D eigenvalue weighted by Crippen LogP contribution is -1.96. The van der Waals surface area contributed by atoms with Crippen molar-refractivity contribution < 1.29 is 9.72 Å². The summed E-state index contributed by atoms with van der Waals surface area (Å²) in [7, 11) is 0. The van der Waals surface area contributed by atoms with E-state index in [9.17, 15) is 14.9 Å². The monoisotopic (exact) mass is 381 g/mol. The zero-order chi connectivity index (χ0) is 19.6. The highest BCUT2D eigenvalue weighted by Crippen LogP contribution is 2.25. The molecule has 0 fully saturated rings. The zero-order valence-corrected chi connectivity index (χ0v) is 15.4. The number of aryl methyl sites for hydroxylation is 2. The van der Waals surface area contributed by atoms with Gasteiger partial charge in [-0.05, 0) is 61.4 Å². The highest BCUT2D eigenvalue weighted by molar-refractivity contribution is 6.33. The van der Waals surface area contributed by atoms with Gasteiger partial charge in [0.15, 0.2) is 5.78 Å². The fourth-order valence-electron chi connectivity index (χ4n) is 2.54. The summed E-state index contributed by atoms with van der Waals surface area (Å²) in [5, 5.41) is 17.9. The summed E-state index contributed by atoms with van der Waals surface area (Å²) >= 11 is 5.85. The van der Waals surface area contributed by atoms with Crippen molar-refractivity contribution >= 4 is 29.1 Å². The minimum absolute atomic E-state index is 0.0715. The average Bonchev–Trinajstić information content (AvgIpc) is 3.10. The highest BCUT2D eigenvalue weighted by Gasteiger charge is 2.14. The maximum absolute atomic E-state index is 12.3. The molecule has 1 aromatic heterocycles. The van der Waals surface area contributed by atoms with Gasteiger partial charge in [-0.15, -0.1) is 0 Å². The summed E-state index contributed by atoms with van der Waals surface area (Å²) in [4.78, 5) is 22.5. The first-order valence-corrected chi connectivity index (χ1v) is 8.52. The number of nitro groups is 1. The molecule has 136 valence electrons. The lowest BCUT2D eigenvalue weighted by molar-refractivity contribution is -0.384. The van der Waals surface area contributed by atoms with Crippen molar-refractivity contribution in [3.63, 3.8) is 0 Å². The van der Waals surface area contributed by atoms with Gasteiger partial charge in [0.1, 0.15) is 5.02 Å². The van der Waals surface area contributed by atoms with E-state index in [-0.39, 0.29) is 22.1 Å². The number of nitrogens with one attached hydrogen (secondary N) is 1. The van der Waals surface area contributed by atoms with E-state index in [0.29, 0.717) is 5.69 Å². The third-order valence-corrected chi connectivity index (χ3v) is 4.55. The van der Waals surface area contributed by atoms with E-state index in [4.69, 9.17) is 11.6 Å². The van der Waals surface area contributed by atoms with Gasteiger partial charge in [0.05, 0.1) is 16.3 Å². The molecule has 0 aliphatic rings. The number of hydrogen-bond donors (Lipinski definition) is 1. The van der Waals surface area contributed by atoms with Crippen molar-refractivity contribution in [2.24, 2.45) is 0 Å². The van der Waals surface area contributed by atoms with E-state index < -0.39 is 4.92 Å². The van der Waals surface area contributed by atoms with Crippen LogP contribution in [0.2, 0.25) is 5.02 Å². The van der Waals surface area contributed by atoms with Gasteiger partial charge >= 0.3 is 0 Å². The number of benzene rings is 2. The number of aromatic nitrogens is 2. The molecule has 3 rings (SSSR count). The van der Waals surface area contributed by atoms with Crippen molar-refractivity contribution in [3.8, 4) is 11.3 Å². The third-order valence-electron chi connectivity index (χ3n) is 4.24. The minimum atomic E-state index is -0.592. The van der Waals surface area contributed by atoms with Gasteiger partial charge in [-0.2, -0.15) is 5.10 Å². The minimum Gasteiger partial charge on any atom is -0.289 e. The van der Waals surface area contributed by atoms with E-state index >= 15 is 0 Å². The number of carbonyl (C=O) groups is 1. The Morgan fingerprint density at radius 1 is 1.15 bits per heavy atom. The van der Waals surface area contributed by atoms with Crippen molar-refractivity contribution in [2.45, 2.75) is 13.8 Å². The van der Waals surface area contributed by atoms with Crippen LogP contribution in [0, 0.1) is 24.0 Å². The summed E-state index contributed by atoms with van der Waals surface area (Å²) in [5.41, 5.74) is 4.87. The second-order valence-electron chi connectivity index (χ2n) is 6.13. The van der Waals surface area contributed by atoms with Gasteiger partial charge < -0.3 is 0 Å². The summed E-state index contributed by atoms with van der Waals surface area (Å²) in [6, 6.07) is 11.8. The van der Waals surface area contributed by atoms with Gasteiger partial charge in [0.2, 0.25) is 0 Å². The van der Waals surface area contributed by atoms with E-state index in [2.05, 4.69) is 16.3 Å². The molecule has 0 aliphatic heterocycles.